The van der Waals surface area contributed by atoms with E-state index in [1.54, 1.807) is 6.20 Å². The molecule has 1 spiro atoms. The van der Waals surface area contributed by atoms with E-state index in [-0.39, 0.29) is 30.2 Å². The third-order valence-electron chi connectivity index (χ3n) is 11.5. The number of hydrogen-bond donors (Lipinski definition) is 5. The summed E-state index contributed by atoms with van der Waals surface area (Å²) in [6, 6.07) is 16.8. The van der Waals surface area contributed by atoms with Crippen molar-refractivity contribution in [1.82, 2.24) is 30.9 Å². The number of carbonyl (C=O) groups is 2. The number of aromatic amines is 1. The zero-order chi connectivity index (χ0) is 34.9. The largest absolute Gasteiger partial charge is 0.469 e. The van der Waals surface area contributed by atoms with Gasteiger partial charge in [-0.15, -0.1) is 0 Å². The summed E-state index contributed by atoms with van der Waals surface area (Å²) in [5.41, 5.74) is 6.97. The molecule has 6 aromatic rings. The summed E-state index contributed by atoms with van der Waals surface area (Å²) in [7, 11) is 0. The molecule has 2 amide bonds. The number of nitrogens with one attached hydrogen (secondary N) is 5. The molecule has 1 fully saturated rings. The van der Waals surface area contributed by atoms with Crippen molar-refractivity contribution in [3.05, 3.63) is 95.3 Å². The summed E-state index contributed by atoms with van der Waals surface area (Å²) in [6.07, 6.45) is 5.00. The molecule has 0 aliphatic carbocycles. The van der Waals surface area contributed by atoms with Gasteiger partial charge in [0, 0.05) is 51.5 Å². The van der Waals surface area contributed by atoms with E-state index in [0.29, 0.717) is 34.7 Å². The van der Waals surface area contributed by atoms with Crippen LogP contribution in [0.1, 0.15) is 61.1 Å². The lowest BCUT2D eigenvalue weighted by molar-refractivity contribution is -0.130. The Bertz CT molecular complexity index is 2490. The number of benzene rings is 3. The first-order valence-corrected chi connectivity index (χ1v) is 18.0. The number of rotatable bonds is 3. The maximum absolute atomic E-state index is 14.2. The van der Waals surface area contributed by atoms with E-state index in [4.69, 9.17) is 23.5 Å². The van der Waals surface area contributed by atoms with Crippen LogP contribution in [0.25, 0.3) is 44.9 Å². The van der Waals surface area contributed by atoms with Crippen molar-refractivity contribution in [2.75, 3.05) is 11.9 Å². The number of para-hydroxylation sites is 1. The number of ether oxygens (including phenoxy) is 1. The van der Waals surface area contributed by atoms with Gasteiger partial charge in [0.1, 0.15) is 23.2 Å². The molecule has 3 aromatic heterocycles. The summed E-state index contributed by atoms with van der Waals surface area (Å²) in [5.74, 6) is 1.80. The van der Waals surface area contributed by atoms with E-state index in [9.17, 15) is 9.59 Å². The molecule has 5 atom stereocenters. The van der Waals surface area contributed by atoms with Crippen LogP contribution in [0.4, 0.5) is 5.69 Å². The lowest BCUT2D eigenvalue weighted by Crippen LogP contribution is -2.53. The fraction of sp³-hybridized carbons (Fsp3) is 0.300. The van der Waals surface area contributed by atoms with Crippen LogP contribution in [0.15, 0.2) is 75.8 Å². The molecule has 5 aliphatic rings. The molecule has 8 heterocycles. The number of anilines is 1. The number of carbonyl (C=O) groups excluding carboxylic acids is 2. The second-order valence-corrected chi connectivity index (χ2v) is 14.8. The molecular formula is C40H35N7O5. The first-order valence-electron chi connectivity index (χ1n) is 18.0. The standard InChI is InChI=1S/C40H35N7O5/c1-18(2)31-38-46-33-34(52-38)40-23-8-3-7-21(20-6-4-9-25-30(20)22(16-42-25)29-17-43-37(33)50-29)32(23)47-39(40)51-28-12-11-19(14-24(28)40)15-27(36(49)45-31)44-35(48)26-10-5-13-41-26/h3-4,6-9,11-12,14,16-18,26-27,31,39,41-42,47H,5,10,13,15H2,1-2H3,(H,44,48)(H,45,49)/t26-,27-,31?,39?,40-/m0/s1. The van der Waals surface area contributed by atoms with Gasteiger partial charge in [-0.2, -0.15) is 0 Å². The van der Waals surface area contributed by atoms with Crippen molar-refractivity contribution in [2.24, 2.45) is 5.92 Å². The normalized spacial score (nSPS) is 24.8. The van der Waals surface area contributed by atoms with Crippen LogP contribution in [-0.4, -0.2) is 51.6 Å². The number of H-pyrrole nitrogens is 1. The van der Waals surface area contributed by atoms with Crippen molar-refractivity contribution < 1.29 is 23.2 Å². The maximum atomic E-state index is 14.2. The van der Waals surface area contributed by atoms with Gasteiger partial charge in [-0.3, -0.25) is 9.59 Å². The van der Waals surface area contributed by atoms with Crippen molar-refractivity contribution >= 4 is 28.4 Å². The quantitative estimate of drug-likeness (QED) is 0.160. The average Bonchev–Trinajstić information content (AvgIpc) is 3.99. The van der Waals surface area contributed by atoms with Crippen LogP contribution in [0.2, 0.25) is 0 Å². The number of amides is 2. The zero-order valence-electron chi connectivity index (χ0n) is 28.5. The predicted molar refractivity (Wildman–Crippen MR) is 191 cm³/mol. The van der Waals surface area contributed by atoms with Gasteiger partial charge in [-0.25, -0.2) is 9.97 Å². The Kier molecular flexibility index (Phi) is 6.06. The van der Waals surface area contributed by atoms with Crippen LogP contribution in [0.5, 0.6) is 5.75 Å². The van der Waals surface area contributed by atoms with E-state index < -0.39 is 23.7 Å². The van der Waals surface area contributed by atoms with Crippen LogP contribution in [-0.2, 0) is 21.4 Å². The summed E-state index contributed by atoms with van der Waals surface area (Å²) in [4.78, 5) is 41.1. The number of oxazole rings is 2. The molecule has 5 N–H and O–H groups in total. The highest BCUT2D eigenvalue weighted by atomic mass is 16.5. The van der Waals surface area contributed by atoms with Gasteiger partial charge >= 0.3 is 0 Å². The number of nitrogens with zero attached hydrogens (tertiary/aromatic N) is 2. The van der Waals surface area contributed by atoms with E-state index in [1.165, 1.54) is 0 Å². The van der Waals surface area contributed by atoms with Gasteiger partial charge in [0.05, 0.1) is 12.2 Å². The number of fused-ring (bicyclic) bond motifs is 7. The number of aromatic nitrogens is 3. The minimum absolute atomic E-state index is 0.119. The molecule has 0 radical (unpaired) electrons. The Morgan fingerprint density at radius 1 is 1.02 bits per heavy atom. The van der Waals surface area contributed by atoms with Gasteiger partial charge < -0.3 is 39.8 Å². The topological polar surface area (TPSA) is 159 Å². The van der Waals surface area contributed by atoms with Gasteiger partial charge in [0.25, 0.3) is 0 Å². The van der Waals surface area contributed by atoms with Crippen molar-refractivity contribution in [1.29, 1.82) is 0 Å². The molecule has 3 aromatic carbocycles. The molecule has 11 rings (SSSR count). The third-order valence-corrected chi connectivity index (χ3v) is 11.5. The minimum Gasteiger partial charge on any atom is -0.469 e. The summed E-state index contributed by atoms with van der Waals surface area (Å²) in [5, 5.41) is 14.4. The minimum atomic E-state index is -1.02. The highest BCUT2D eigenvalue weighted by Gasteiger charge is 2.61. The van der Waals surface area contributed by atoms with E-state index in [0.717, 1.165) is 69.4 Å². The third kappa shape index (κ3) is 3.95. The second kappa shape index (κ2) is 10.6. The summed E-state index contributed by atoms with van der Waals surface area (Å²) < 4.78 is 20.5. The smallest absolute Gasteiger partial charge is 0.249 e. The molecule has 5 aliphatic heterocycles. The maximum Gasteiger partial charge on any atom is 0.249 e. The van der Waals surface area contributed by atoms with Gasteiger partial charge in [0.15, 0.2) is 23.4 Å². The average molecular weight is 694 g/mol. The Morgan fingerprint density at radius 2 is 1.90 bits per heavy atom. The Labute approximate surface area is 297 Å². The fourth-order valence-electron chi connectivity index (χ4n) is 9.04. The molecule has 52 heavy (non-hydrogen) atoms. The lowest BCUT2D eigenvalue weighted by Gasteiger charge is -2.29. The first kappa shape index (κ1) is 29.8. The Hall–Kier alpha value is -5.88. The fourth-order valence-corrected chi connectivity index (χ4v) is 9.04. The summed E-state index contributed by atoms with van der Waals surface area (Å²) >= 11 is 0. The summed E-state index contributed by atoms with van der Waals surface area (Å²) in [6.45, 7) is 4.79. The number of hydrogen-bond acceptors (Lipinski definition) is 9. The van der Waals surface area contributed by atoms with E-state index in [2.05, 4.69) is 68.7 Å². The SMILES string of the molecule is CC(C)C1NC(=O)[C@@H](NC(=O)[C@@H]2CCCN2)Cc2ccc3c(c2)[C@]24c5cccc(c5NC2O3)-c2cccc3[nH]cc(c23)-c2cnc(o2)-c2nc1oc24. The van der Waals surface area contributed by atoms with Crippen LogP contribution < -0.4 is 26.0 Å². The molecule has 2 unspecified atom stereocenters. The predicted octanol–water partition coefficient (Wildman–Crippen LogP) is 5.54. The lowest BCUT2D eigenvalue weighted by atomic mass is 9.72. The van der Waals surface area contributed by atoms with Gasteiger partial charge in [-0.1, -0.05) is 56.3 Å². The van der Waals surface area contributed by atoms with Crippen LogP contribution >= 0.6 is 0 Å². The molecule has 260 valence electrons. The highest BCUT2D eigenvalue weighted by Crippen LogP contribution is 2.61. The second-order valence-electron chi connectivity index (χ2n) is 14.8. The van der Waals surface area contributed by atoms with Gasteiger partial charge in [0.2, 0.25) is 23.6 Å². The van der Waals surface area contributed by atoms with Crippen molar-refractivity contribution in [2.45, 2.75) is 62.9 Å². The molecule has 12 nitrogen and oxygen atoms in total. The monoisotopic (exact) mass is 693 g/mol. The molecule has 12 heteroatoms. The van der Waals surface area contributed by atoms with Crippen molar-refractivity contribution in [3.63, 3.8) is 0 Å². The highest BCUT2D eigenvalue weighted by molar-refractivity contribution is 6.07. The Morgan fingerprint density at radius 3 is 2.77 bits per heavy atom. The van der Waals surface area contributed by atoms with Crippen LogP contribution in [0, 0.1) is 5.92 Å². The van der Waals surface area contributed by atoms with E-state index in [1.807, 2.05) is 32.2 Å². The van der Waals surface area contributed by atoms with Crippen LogP contribution in [0.3, 0.4) is 0 Å². The first-order chi connectivity index (χ1) is 25.4. The molecule has 0 saturated carbocycles. The molecule has 10 bridgehead atoms. The molecular weight excluding hydrogens is 658 g/mol. The van der Waals surface area contributed by atoms with Gasteiger partial charge in [-0.05, 0) is 48.6 Å². The van der Waals surface area contributed by atoms with Crippen molar-refractivity contribution in [3.8, 4) is 39.8 Å². The van der Waals surface area contributed by atoms with E-state index >= 15 is 0 Å². The molecule has 1 saturated heterocycles. The zero-order valence-corrected chi connectivity index (χ0v) is 28.5. The Balaban J connectivity index is 1.20.